The van der Waals surface area contributed by atoms with Crippen LogP contribution in [0.3, 0.4) is 0 Å². The number of aryl methyl sites for hydroxylation is 1. The maximum absolute atomic E-state index is 12.6. The Bertz CT molecular complexity index is 524. The van der Waals surface area contributed by atoms with Crippen LogP contribution >= 0.6 is 11.3 Å². The molecule has 1 saturated heterocycles. The number of piperazine rings is 1. The number of thiazole rings is 1. The molecule has 1 aromatic heterocycles. The van der Waals surface area contributed by atoms with Gasteiger partial charge in [0.15, 0.2) is 0 Å². The van der Waals surface area contributed by atoms with Gasteiger partial charge in [0.05, 0.1) is 6.54 Å². The summed E-state index contributed by atoms with van der Waals surface area (Å²) in [6.07, 6.45) is 1.54. The van der Waals surface area contributed by atoms with Gasteiger partial charge in [-0.15, -0.1) is 11.3 Å². The molecule has 6 heteroatoms. The van der Waals surface area contributed by atoms with Crippen LogP contribution in [0.15, 0.2) is 5.38 Å². The summed E-state index contributed by atoms with van der Waals surface area (Å²) in [5, 5.41) is 5.65. The molecular formula is C14H21N3O2S. The topological polar surface area (TPSA) is 62.3 Å². The molecule has 1 N–H and O–H groups in total. The quantitative estimate of drug-likeness (QED) is 0.922. The van der Waals surface area contributed by atoms with Gasteiger partial charge in [0.25, 0.3) is 0 Å². The molecule has 0 saturated carbocycles. The Hall–Kier alpha value is -1.43. The summed E-state index contributed by atoms with van der Waals surface area (Å²) in [7, 11) is 0. The molecular weight excluding hydrogens is 274 g/mol. The summed E-state index contributed by atoms with van der Waals surface area (Å²) in [5.41, 5.74) is 0.110. The molecule has 110 valence electrons. The van der Waals surface area contributed by atoms with Crippen molar-refractivity contribution in [3.63, 3.8) is 0 Å². The standard InChI is InChI=1S/C14H21N3O2S/c1-5-6-10-12(18)16-14(3,4)13(19)17(10)7-11-15-9(2)8-20-11/h8,10H,5-7H2,1-4H3,(H,16,18). The van der Waals surface area contributed by atoms with Crippen LogP contribution in [-0.4, -0.2) is 33.3 Å². The highest BCUT2D eigenvalue weighted by Crippen LogP contribution is 2.24. The minimum Gasteiger partial charge on any atom is -0.340 e. The smallest absolute Gasteiger partial charge is 0.248 e. The van der Waals surface area contributed by atoms with Crippen LogP contribution in [0.1, 0.15) is 44.3 Å². The number of carbonyl (C=O) groups is 2. The van der Waals surface area contributed by atoms with Crippen molar-refractivity contribution in [1.82, 2.24) is 15.2 Å². The SMILES string of the molecule is CCCC1C(=O)NC(C)(C)C(=O)N1Cc1nc(C)cs1. The van der Waals surface area contributed by atoms with Crippen LogP contribution < -0.4 is 5.32 Å². The first-order valence-corrected chi connectivity index (χ1v) is 7.77. The predicted octanol–water partition coefficient (Wildman–Crippen LogP) is 1.86. The van der Waals surface area contributed by atoms with Crippen molar-refractivity contribution in [2.45, 2.75) is 58.7 Å². The third-order valence-corrected chi connectivity index (χ3v) is 4.40. The fourth-order valence-corrected chi connectivity index (χ4v) is 3.22. The van der Waals surface area contributed by atoms with Gasteiger partial charge in [-0.2, -0.15) is 0 Å². The Kier molecular flexibility index (Phi) is 4.13. The van der Waals surface area contributed by atoms with E-state index in [1.54, 1.807) is 18.7 Å². The molecule has 1 aliphatic rings. The number of carbonyl (C=O) groups excluding carboxylic acids is 2. The zero-order chi connectivity index (χ0) is 14.9. The van der Waals surface area contributed by atoms with Crippen molar-refractivity contribution in [2.24, 2.45) is 0 Å². The number of nitrogens with zero attached hydrogens (tertiary/aromatic N) is 2. The highest BCUT2D eigenvalue weighted by atomic mass is 32.1. The maximum atomic E-state index is 12.6. The summed E-state index contributed by atoms with van der Waals surface area (Å²) in [4.78, 5) is 30.9. The van der Waals surface area contributed by atoms with Gasteiger partial charge >= 0.3 is 0 Å². The number of hydrogen-bond donors (Lipinski definition) is 1. The number of hydrogen-bond acceptors (Lipinski definition) is 4. The van der Waals surface area contributed by atoms with E-state index < -0.39 is 5.54 Å². The third-order valence-electron chi connectivity index (χ3n) is 3.44. The molecule has 2 heterocycles. The van der Waals surface area contributed by atoms with Gasteiger partial charge in [-0.3, -0.25) is 9.59 Å². The monoisotopic (exact) mass is 295 g/mol. The molecule has 0 aliphatic carbocycles. The van der Waals surface area contributed by atoms with Gasteiger partial charge in [-0.25, -0.2) is 4.98 Å². The Morgan fingerprint density at radius 2 is 2.15 bits per heavy atom. The van der Waals surface area contributed by atoms with E-state index in [0.717, 1.165) is 17.1 Å². The Balaban J connectivity index is 2.27. The van der Waals surface area contributed by atoms with Crippen LogP contribution in [0.4, 0.5) is 0 Å². The van der Waals surface area contributed by atoms with E-state index in [2.05, 4.69) is 10.3 Å². The molecule has 0 aromatic carbocycles. The minimum absolute atomic E-state index is 0.0385. The van der Waals surface area contributed by atoms with Gasteiger partial charge in [-0.1, -0.05) is 13.3 Å². The molecule has 1 aliphatic heterocycles. The lowest BCUT2D eigenvalue weighted by atomic mass is 9.95. The lowest BCUT2D eigenvalue weighted by Crippen LogP contribution is -2.67. The second-order valence-electron chi connectivity index (χ2n) is 5.73. The van der Waals surface area contributed by atoms with Gasteiger partial charge in [-0.05, 0) is 27.2 Å². The number of nitrogens with one attached hydrogen (secondary N) is 1. The van der Waals surface area contributed by atoms with Gasteiger partial charge in [0.2, 0.25) is 11.8 Å². The van der Waals surface area contributed by atoms with Crippen LogP contribution in [0.2, 0.25) is 0 Å². The largest absolute Gasteiger partial charge is 0.340 e. The van der Waals surface area contributed by atoms with Gasteiger partial charge in [0, 0.05) is 11.1 Å². The molecule has 0 radical (unpaired) electrons. The highest BCUT2D eigenvalue weighted by molar-refractivity contribution is 7.09. The summed E-state index contributed by atoms with van der Waals surface area (Å²) < 4.78 is 0. The molecule has 2 rings (SSSR count). The van der Waals surface area contributed by atoms with E-state index in [-0.39, 0.29) is 17.9 Å². The summed E-state index contributed by atoms with van der Waals surface area (Å²) in [6.45, 7) is 7.85. The first kappa shape index (κ1) is 15.0. The van der Waals surface area contributed by atoms with Crippen LogP contribution in [0.5, 0.6) is 0 Å². The predicted molar refractivity (Wildman–Crippen MR) is 78.3 cm³/mol. The first-order valence-electron chi connectivity index (χ1n) is 6.89. The summed E-state index contributed by atoms with van der Waals surface area (Å²) in [5.74, 6) is -0.104. The fraction of sp³-hybridized carbons (Fsp3) is 0.643. The van der Waals surface area contributed by atoms with E-state index in [4.69, 9.17) is 0 Å². The third kappa shape index (κ3) is 2.85. The van der Waals surface area contributed by atoms with Crippen LogP contribution in [-0.2, 0) is 16.1 Å². The molecule has 1 atom stereocenters. The first-order chi connectivity index (χ1) is 9.35. The van der Waals surface area contributed by atoms with Crippen LogP contribution in [0, 0.1) is 6.92 Å². The summed E-state index contributed by atoms with van der Waals surface area (Å²) >= 11 is 1.53. The Morgan fingerprint density at radius 3 is 2.70 bits per heavy atom. The normalized spacial score (nSPS) is 22.0. The highest BCUT2D eigenvalue weighted by Gasteiger charge is 2.44. The minimum atomic E-state index is -0.840. The van der Waals surface area contributed by atoms with Crippen LogP contribution in [0.25, 0.3) is 0 Å². The molecule has 0 spiro atoms. The molecule has 1 aromatic rings. The number of aromatic nitrogens is 1. The molecule has 0 bridgehead atoms. The van der Waals surface area contributed by atoms with Crippen molar-refractivity contribution < 1.29 is 9.59 Å². The molecule has 2 amide bonds. The van der Waals surface area contributed by atoms with Crippen molar-refractivity contribution >= 4 is 23.2 Å². The average molecular weight is 295 g/mol. The van der Waals surface area contributed by atoms with E-state index in [0.29, 0.717) is 13.0 Å². The van der Waals surface area contributed by atoms with E-state index >= 15 is 0 Å². The zero-order valence-electron chi connectivity index (χ0n) is 12.4. The molecule has 1 fully saturated rings. The Labute approximate surface area is 123 Å². The summed E-state index contributed by atoms with van der Waals surface area (Å²) in [6, 6.07) is -0.385. The van der Waals surface area contributed by atoms with Crippen molar-refractivity contribution in [2.75, 3.05) is 0 Å². The molecule has 20 heavy (non-hydrogen) atoms. The van der Waals surface area contributed by atoms with E-state index in [1.807, 2.05) is 19.2 Å². The van der Waals surface area contributed by atoms with Crippen molar-refractivity contribution in [3.8, 4) is 0 Å². The maximum Gasteiger partial charge on any atom is 0.248 e. The molecule has 5 nitrogen and oxygen atoms in total. The molecule has 1 unspecified atom stereocenters. The second-order valence-corrected chi connectivity index (χ2v) is 6.68. The second kappa shape index (κ2) is 5.52. The average Bonchev–Trinajstić information content (AvgIpc) is 2.76. The van der Waals surface area contributed by atoms with Gasteiger partial charge in [0.1, 0.15) is 16.6 Å². The van der Waals surface area contributed by atoms with Gasteiger partial charge < -0.3 is 10.2 Å². The van der Waals surface area contributed by atoms with Crippen molar-refractivity contribution in [1.29, 1.82) is 0 Å². The zero-order valence-corrected chi connectivity index (χ0v) is 13.2. The van der Waals surface area contributed by atoms with E-state index in [9.17, 15) is 9.59 Å². The fourth-order valence-electron chi connectivity index (χ4n) is 2.45. The number of rotatable bonds is 4. The van der Waals surface area contributed by atoms with Crippen molar-refractivity contribution in [3.05, 3.63) is 16.1 Å². The van der Waals surface area contributed by atoms with E-state index in [1.165, 1.54) is 11.3 Å². The lowest BCUT2D eigenvalue weighted by molar-refractivity contribution is -0.154. The lowest BCUT2D eigenvalue weighted by Gasteiger charge is -2.42. The Morgan fingerprint density at radius 1 is 1.45 bits per heavy atom. The number of amides is 2.